The molecule has 2 N–H and O–H groups in total. The molecule has 0 radical (unpaired) electrons. The molecule has 0 fully saturated rings. The SMILES string of the molecule is Cc1cc(-c2c[nH]/c(=N/c3cnc(CO)cn3)s2)nc(Oc2ccc(Cl)cc2Cl)n1. The van der Waals surface area contributed by atoms with Crippen molar-refractivity contribution in [1.82, 2.24) is 24.9 Å². The second-order valence-corrected chi connectivity index (χ2v) is 7.92. The summed E-state index contributed by atoms with van der Waals surface area (Å²) in [5.41, 5.74) is 1.89. The number of rotatable bonds is 5. The van der Waals surface area contributed by atoms with Crippen LogP contribution in [0.25, 0.3) is 10.6 Å². The van der Waals surface area contributed by atoms with E-state index in [1.165, 1.54) is 23.7 Å². The lowest BCUT2D eigenvalue weighted by Crippen LogP contribution is -1.97. The first-order valence-electron chi connectivity index (χ1n) is 8.64. The van der Waals surface area contributed by atoms with Crippen molar-refractivity contribution in [3.8, 4) is 22.3 Å². The molecule has 0 aliphatic carbocycles. The molecule has 8 nitrogen and oxygen atoms in total. The number of benzene rings is 1. The Morgan fingerprint density at radius 3 is 2.77 bits per heavy atom. The average molecular weight is 461 g/mol. The fourth-order valence-corrected chi connectivity index (χ4v) is 3.67. The van der Waals surface area contributed by atoms with E-state index in [4.69, 9.17) is 33.0 Å². The van der Waals surface area contributed by atoms with Crippen molar-refractivity contribution >= 4 is 40.4 Å². The molecule has 0 aliphatic heterocycles. The average Bonchev–Trinajstić information content (AvgIpc) is 3.19. The molecule has 0 aliphatic rings. The van der Waals surface area contributed by atoms with Gasteiger partial charge < -0.3 is 14.8 Å². The molecule has 4 rings (SSSR count). The van der Waals surface area contributed by atoms with Crippen LogP contribution in [0.1, 0.15) is 11.4 Å². The van der Waals surface area contributed by atoms with Gasteiger partial charge in [-0.05, 0) is 31.2 Å². The third-order valence-corrected chi connectivity index (χ3v) is 5.26. The van der Waals surface area contributed by atoms with E-state index in [2.05, 4.69) is 29.9 Å². The van der Waals surface area contributed by atoms with E-state index < -0.39 is 0 Å². The van der Waals surface area contributed by atoms with Crippen LogP contribution in [0.15, 0.2) is 47.8 Å². The fourth-order valence-electron chi connectivity index (χ4n) is 2.43. The van der Waals surface area contributed by atoms with Gasteiger partial charge in [0.2, 0.25) is 0 Å². The largest absolute Gasteiger partial charge is 0.423 e. The summed E-state index contributed by atoms with van der Waals surface area (Å²) in [5, 5.41) is 9.92. The van der Waals surface area contributed by atoms with Crippen molar-refractivity contribution in [2.45, 2.75) is 13.5 Å². The highest BCUT2D eigenvalue weighted by molar-refractivity contribution is 7.12. The third-order valence-electron chi connectivity index (χ3n) is 3.78. The Kier molecular flexibility index (Phi) is 6.05. The van der Waals surface area contributed by atoms with Gasteiger partial charge in [-0.3, -0.25) is 4.98 Å². The highest BCUT2D eigenvalue weighted by Gasteiger charge is 2.11. The van der Waals surface area contributed by atoms with Crippen molar-refractivity contribution in [2.75, 3.05) is 0 Å². The monoisotopic (exact) mass is 460 g/mol. The molecule has 0 saturated carbocycles. The number of aromatic amines is 1. The number of aliphatic hydroxyl groups excluding tert-OH is 1. The van der Waals surface area contributed by atoms with E-state index in [0.29, 0.717) is 37.8 Å². The van der Waals surface area contributed by atoms with Crippen molar-refractivity contribution in [2.24, 2.45) is 4.99 Å². The van der Waals surface area contributed by atoms with E-state index in [1.54, 1.807) is 24.4 Å². The molecular weight excluding hydrogens is 447 g/mol. The first kappa shape index (κ1) is 20.4. The maximum atomic E-state index is 9.04. The number of halogens is 2. The van der Waals surface area contributed by atoms with Gasteiger partial charge in [0.1, 0.15) is 5.75 Å². The van der Waals surface area contributed by atoms with Crippen LogP contribution in [-0.2, 0) is 6.61 Å². The molecule has 3 heterocycles. The summed E-state index contributed by atoms with van der Waals surface area (Å²) >= 11 is 13.5. The highest BCUT2D eigenvalue weighted by Crippen LogP contribution is 2.31. The van der Waals surface area contributed by atoms with E-state index in [9.17, 15) is 0 Å². The Balaban J connectivity index is 1.62. The summed E-state index contributed by atoms with van der Waals surface area (Å²) in [5.74, 6) is 0.841. The Morgan fingerprint density at radius 2 is 2.03 bits per heavy atom. The predicted octanol–water partition coefficient (Wildman–Crippen LogP) is 4.46. The minimum absolute atomic E-state index is 0.165. The first-order chi connectivity index (χ1) is 14.5. The van der Waals surface area contributed by atoms with Crippen molar-refractivity contribution < 1.29 is 9.84 Å². The fraction of sp³-hybridized carbons (Fsp3) is 0.105. The Labute approximate surface area is 184 Å². The molecule has 1 aromatic carbocycles. The zero-order valence-electron chi connectivity index (χ0n) is 15.5. The molecule has 0 unspecified atom stereocenters. The van der Waals surface area contributed by atoms with Crippen LogP contribution < -0.4 is 9.54 Å². The van der Waals surface area contributed by atoms with Crippen LogP contribution in [0, 0.1) is 6.92 Å². The van der Waals surface area contributed by atoms with Crippen LogP contribution in [0.4, 0.5) is 5.82 Å². The molecule has 152 valence electrons. The smallest absolute Gasteiger partial charge is 0.322 e. The summed E-state index contributed by atoms with van der Waals surface area (Å²) in [6.45, 7) is 1.68. The van der Waals surface area contributed by atoms with Gasteiger partial charge in [-0.1, -0.05) is 34.5 Å². The van der Waals surface area contributed by atoms with Gasteiger partial charge >= 0.3 is 6.01 Å². The van der Waals surface area contributed by atoms with Gasteiger partial charge in [-0.15, -0.1) is 0 Å². The minimum atomic E-state index is -0.165. The van der Waals surface area contributed by atoms with E-state index in [0.717, 1.165) is 10.6 Å². The lowest BCUT2D eigenvalue weighted by molar-refractivity contribution is 0.276. The van der Waals surface area contributed by atoms with Gasteiger partial charge in [-0.2, -0.15) is 9.98 Å². The minimum Gasteiger partial charge on any atom is -0.423 e. The van der Waals surface area contributed by atoms with Gasteiger partial charge in [0.05, 0.1) is 40.3 Å². The molecule has 4 aromatic rings. The van der Waals surface area contributed by atoms with Gasteiger partial charge in [0, 0.05) is 16.9 Å². The van der Waals surface area contributed by atoms with Crippen LogP contribution in [0.3, 0.4) is 0 Å². The molecule has 0 spiro atoms. The van der Waals surface area contributed by atoms with Gasteiger partial charge in [0.25, 0.3) is 0 Å². The number of hydrogen-bond acceptors (Lipinski definition) is 8. The van der Waals surface area contributed by atoms with Crippen molar-refractivity contribution in [3.63, 3.8) is 0 Å². The van der Waals surface area contributed by atoms with E-state index in [-0.39, 0.29) is 12.6 Å². The lowest BCUT2D eigenvalue weighted by Gasteiger charge is -2.08. The zero-order chi connectivity index (χ0) is 21.1. The molecule has 11 heteroatoms. The molecule has 0 atom stereocenters. The van der Waals surface area contributed by atoms with Crippen LogP contribution in [-0.4, -0.2) is 30.0 Å². The summed E-state index contributed by atoms with van der Waals surface area (Å²) in [6.07, 6.45) is 4.77. The normalized spacial score (nSPS) is 11.7. The number of hydrogen-bond donors (Lipinski definition) is 2. The Morgan fingerprint density at radius 1 is 1.17 bits per heavy atom. The molecule has 0 saturated heterocycles. The lowest BCUT2D eigenvalue weighted by atomic mass is 10.3. The number of nitrogens with zero attached hydrogens (tertiary/aromatic N) is 5. The molecular formula is C19H14Cl2N6O2S. The summed E-state index contributed by atoms with van der Waals surface area (Å²) < 4.78 is 5.75. The quantitative estimate of drug-likeness (QED) is 0.454. The number of thiazole rings is 1. The Bertz CT molecular complexity index is 1260. The molecule has 0 bridgehead atoms. The zero-order valence-corrected chi connectivity index (χ0v) is 17.8. The summed E-state index contributed by atoms with van der Waals surface area (Å²) in [4.78, 5) is 25.9. The number of aromatic nitrogens is 5. The van der Waals surface area contributed by atoms with Gasteiger partial charge in [-0.25, -0.2) is 9.97 Å². The highest BCUT2D eigenvalue weighted by atomic mass is 35.5. The van der Waals surface area contributed by atoms with E-state index >= 15 is 0 Å². The first-order valence-corrected chi connectivity index (χ1v) is 10.2. The maximum absolute atomic E-state index is 9.04. The van der Waals surface area contributed by atoms with Crippen LogP contribution in [0.5, 0.6) is 11.8 Å². The number of aliphatic hydroxyl groups is 1. The summed E-state index contributed by atoms with van der Waals surface area (Å²) in [7, 11) is 0. The van der Waals surface area contributed by atoms with Gasteiger partial charge in [0.15, 0.2) is 10.6 Å². The standard InChI is InChI=1S/C19H14Cl2N6O2S/c1-10-4-14(26-18(25-10)29-15-3-2-11(20)5-13(15)21)16-7-24-19(30-16)27-17-8-22-12(9-28)6-23-17/h2-8,28H,9H2,1H3,(H,23,24,27). The van der Waals surface area contributed by atoms with Crippen LogP contribution >= 0.6 is 34.5 Å². The second-order valence-electron chi connectivity index (χ2n) is 6.05. The van der Waals surface area contributed by atoms with Crippen molar-refractivity contribution in [1.29, 1.82) is 0 Å². The Hall–Kier alpha value is -2.85. The molecule has 30 heavy (non-hydrogen) atoms. The third kappa shape index (κ3) is 4.82. The summed E-state index contributed by atoms with van der Waals surface area (Å²) in [6, 6.07) is 6.95. The topological polar surface area (TPSA) is 109 Å². The van der Waals surface area contributed by atoms with Crippen molar-refractivity contribution in [3.05, 3.63) is 69.1 Å². The molecule has 3 aromatic heterocycles. The second kappa shape index (κ2) is 8.88. The van der Waals surface area contributed by atoms with E-state index in [1.807, 2.05) is 13.0 Å². The van der Waals surface area contributed by atoms with Crippen LogP contribution in [0.2, 0.25) is 10.0 Å². The number of H-pyrrole nitrogens is 1. The molecule has 0 amide bonds. The predicted molar refractivity (Wildman–Crippen MR) is 114 cm³/mol. The number of aryl methyl sites for hydroxylation is 1. The maximum Gasteiger partial charge on any atom is 0.322 e. The number of ether oxygens (including phenoxy) is 1. The number of nitrogens with one attached hydrogen (secondary N) is 1.